The molecule has 3 aromatic rings. The molecule has 0 aliphatic rings. The molecule has 1 heterocycles. The quantitative estimate of drug-likeness (QED) is 0.488. The average molecular weight is 366 g/mol. The second kappa shape index (κ2) is 7.66. The minimum Gasteiger partial charge on any atom is -0.489 e. The fourth-order valence-electron chi connectivity index (χ4n) is 3.10. The van der Waals surface area contributed by atoms with Crippen LogP contribution in [0.5, 0.6) is 5.75 Å². The minimum absolute atomic E-state index is 0.222. The van der Waals surface area contributed by atoms with Gasteiger partial charge in [0, 0.05) is 17.0 Å². The highest BCUT2D eigenvalue weighted by atomic mass is 16.5. The first-order valence-electron chi connectivity index (χ1n) is 8.77. The number of carbonyl (C=O) groups is 1. The number of hydrogen-bond donors (Lipinski definition) is 0. The molecule has 0 N–H and O–H groups in total. The minimum atomic E-state index is -0.404. The summed E-state index contributed by atoms with van der Waals surface area (Å²) >= 11 is 0. The van der Waals surface area contributed by atoms with Gasteiger partial charge >= 0.3 is 11.6 Å². The van der Waals surface area contributed by atoms with Crippen molar-refractivity contribution >= 4 is 16.9 Å². The van der Waals surface area contributed by atoms with E-state index in [-0.39, 0.29) is 6.61 Å². The smallest absolute Gasteiger partial charge is 0.337 e. The number of hydrogen-bond acceptors (Lipinski definition) is 5. The zero-order valence-corrected chi connectivity index (χ0v) is 15.9. The van der Waals surface area contributed by atoms with Gasteiger partial charge in [-0.25, -0.2) is 9.59 Å². The second-order valence-corrected chi connectivity index (χ2v) is 6.75. The molecule has 3 rings (SSSR count). The highest BCUT2D eigenvalue weighted by molar-refractivity contribution is 5.89. The Bertz CT molecular complexity index is 1030. The third-order valence-electron chi connectivity index (χ3n) is 4.51. The number of ether oxygens (including phenoxy) is 2. The lowest BCUT2D eigenvalue weighted by molar-refractivity contribution is 0.0600. The van der Waals surface area contributed by atoms with Crippen LogP contribution in [0.3, 0.4) is 0 Å². The van der Waals surface area contributed by atoms with E-state index in [2.05, 4.69) is 24.7 Å². The molecule has 0 saturated heterocycles. The molecule has 0 radical (unpaired) electrons. The molecule has 140 valence electrons. The predicted octanol–water partition coefficient (Wildman–Crippen LogP) is 4.59. The van der Waals surface area contributed by atoms with Crippen molar-refractivity contribution in [1.82, 2.24) is 0 Å². The van der Waals surface area contributed by atoms with Gasteiger partial charge in [-0.05, 0) is 60.4 Å². The van der Waals surface area contributed by atoms with Gasteiger partial charge in [0.25, 0.3) is 0 Å². The van der Waals surface area contributed by atoms with Crippen molar-refractivity contribution in [3.05, 3.63) is 75.1 Å². The Morgan fingerprint density at radius 2 is 1.81 bits per heavy atom. The molecular weight excluding hydrogens is 344 g/mol. The molecule has 1 aromatic heterocycles. The maximum Gasteiger partial charge on any atom is 0.337 e. The summed E-state index contributed by atoms with van der Waals surface area (Å²) in [4.78, 5) is 23.4. The van der Waals surface area contributed by atoms with Crippen LogP contribution >= 0.6 is 0 Å². The van der Waals surface area contributed by atoms with Gasteiger partial charge in [0.2, 0.25) is 0 Å². The van der Waals surface area contributed by atoms with Gasteiger partial charge in [-0.15, -0.1) is 0 Å². The van der Waals surface area contributed by atoms with Crippen molar-refractivity contribution in [3.8, 4) is 5.75 Å². The summed E-state index contributed by atoms with van der Waals surface area (Å²) in [5.74, 6) is 0.561. The van der Waals surface area contributed by atoms with Crippen LogP contribution in [0, 0.1) is 6.92 Å². The Morgan fingerprint density at radius 3 is 2.44 bits per heavy atom. The number of methoxy groups -OCH3 is 1. The van der Waals surface area contributed by atoms with E-state index in [9.17, 15) is 9.59 Å². The van der Waals surface area contributed by atoms with Crippen LogP contribution in [0.1, 0.15) is 46.8 Å². The number of esters is 1. The molecule has 0 amide bonds. The Balaban J connectivity index is 1.91. The number of benzene rings is 2. The molecule has 0 unspecified atom stereocenters. The van der Waals surface area contributed by atoms with Gasteiger partial charge in [0.15, 0.2) is 0 Å². The highest BCUT2D eigenvalue weighted by Crippen LogP contribution is 2.27. The van der Waals surface area contributed by atoms with Crippen molar-refractivity contribution in [2.24, 2.45) is 0 Å². The largest absolute Gasteiger partial charge is 0.489 e. The van der Waals surface area contributed by atoms with Crippen molar-refractivity contribution in [1.29, 1.82) is 0 Å². The van der Waals surface area contributed by atoms with E-state index >= 15 is 0 Å². The first-order valence-corrected chi connectivity index (χ1v) is 8.77. The molecule has 0 bridgehead atoms. The lowest BCUT2D eigenvalue weighted by Crippen LogP contribution is -2.05. The van der Waals surface area contributed by atoms with Gasteiger partial charge in [0.05, 0.1) is 12.7 Å². The Labute approximate surface area is 157 Å². The maximum atomic E-state index is 11.9. The SMILES string of the molecule is COC(=O)c1ccc(OCc2cc(=O)oc3cc(C)c(C(C)C)cc23)cc1. The standard InChI is InChI=1S/C22H22O5/c1-13(2)18-11-19-16(10-21(23)27-20(19)9-14(18)3)12-26-17-7-5-15(6-8-17)22(24)25-4/h5-11,13H,12H2,1-4H3. The fourth-order valence-corrected chi connectivity index (χ4v) is 3.10. The van der Waals surface area contributed by atoms with Crippen LogP contribution in [0.4, 0.5) is 0 Å². The van der Waals surface area contributed by atoms with E-state index < -0.39 is 11.6 Å². The topological polar surface area (TPSA) is 65.7 Å². The number of rotatable bonds is 5. The van der Waals surface area contributed by atoms with Gasteiger partial charge < -0.3 is 13.9 Å². The van der Waals surface area contributed by atoms with E-state index in [4.69, 9.17) is 9.15 Å². The normalized spacial score (nSPS) is 11.0. The zero-order chi connectivity index (χ0) is 19.6. The van der Waals surface area contributed by atoms with Crippen molar-refractivity contribution in [2.45, 2.75) is 33.3 Å². The summed E-state index contributed by atoms with van der Waals surface area (Å²) in [6.45, 7) is 6.50. The summed E-state index contributed by atoms with van der Waals surface area (Å²) in [5.41, 5.74) is 3.67. The third kappa shape index (κ3) is 4.03. The predicted molar refractivity (Wildman–Crippen MR) is 103 cm³/mol. The summed E-state index contributed by atoms with van der Waals surface area (Å²) < 4.78 is 15.9. The molecule has 0 aliphatic carbocycles. The van der Waals surface area contributed by atoms with Crippen molar-refractivity contribution < 1.29 is 18.7 Å². The lowest BCUT2D eigenvalue weighted by atomic mass is 9.95. The monoisotopic (exact) mass is 366 g/mol. The molecule has 2 aromatic carbocycles. The molecule has 5 nitrogen and oxygen atoms in total. The second-order valence-electron chi connectivity index (χ2n) is 6.75. The fraction of sp³-hybridized carbons (Fsp3) is 0.273. The summed E-state index contributed by atoms with van der Waals surface area (Å²) in [6.07, 6.45) is 0. The van der Waals surface area contributed by atoms with E-state index in [1.807, 2.05) is 13.0 Å². The zero-order valence-electron chi connectivity index (χ0n) is 15.9. The molecule has 0 atom stereocenters. The molecular formula is C22H22O5. The summed E-state index contributed by atoms with van der Waals surface area (Å²) in [5, 5.41) is 0.870. The molecule has 27 heavy (non-hydrogen) atoms. The van der Waals surface area contributed by atoms with Gasteiger partial charge in [-0.3, -0.25) is 0 Å². The van der Waals surface area contributed by atoms with Crippen LogP contribution in [-0.2, 0) is 11.3 Å². The van der Waals surface area contributed by atoms with Gasteiger partial charge in [-0.1, -0.05) is 13.8 Å². The van der Waals surface area contributed by atoms with Crippen LogP contribution in [0.25, 0.3) is 11.0 Å². The molecule has 5 heteroatoms. The van der Waals surface area contributed by atoms with Crippen LogP contribution in [0.2, 0.25) is 0 Å². The first-order chi connectivity index (χ1) is 12.9. The first kappa shape index (κ1) is 18.7. The Hall–Kier alpha value is -3.08. The van der Waals surface area contributed by atoms with E-state index in [0.717, 1.165) is 16.5 Å². The molecule has 0 fully saturated rings. The van der Waals surface area contributed by atoms with Crippen molar-refractivity contribution in [2.75, 3.05) is 7.11 Å². The van der Waals surface area contributed by atoms with Crippen LogP contribution < -0.4 is 10.4 Å². The summed E-state index contributed by atoms with van der Waals surface area (Å²) in [7, 11) is 1.34. The Kier molecular flexibility index (Phi) is 5.31. The molecule has 0 aliphatic heterocycles. The number of fused-ring (bicyclic) bond motifs is 1. The number of carbonyl (C=O) groups excluding carboxylic acids is 1. The third-order valence-corrected chi connectivity index (χ3v) is 4.51. The Morgan fingerprint density at radius 1 is 1.11 bits per heavy atom. The maximum absolute atomic E-state index is 11.9. The molecule has 0 spiro atoms. The van der Waals surface area contributed by atoms with Crippen LogP contribution in [0.15, 0.2) is 51.7 Å². The van der Waals surface area contributed by atoms with E-state index in [0.29, 0.717) is 22.8 Å². The average Bonchev–Trinajstić information content (AvgIpc) is 2.65. The lowest BCUT2D eigenvalue weighted by Gasteiger charge is -2.13. The van der Waals surface area contributed by atoms with E-state index in [1.165, 1.54) is 18.7 Å². The van der Waals surface area contributed by atoms with Crippen molar-refractivity contribution in [3.63, 3.8) is 0 Å². The highest BCUT2D eigenvalue weighted by Gasteiger charge is 2.12. The van der Waals surface area contributed by atoms with Gasteiger partial charge in [0.1, 0.15) is 17.9 Å². The summed E-state index contributed by atoms with van der Waals surface area (Å²) in [6, 6.07) is 12.1. The van der Waals surface area contributed by atoms with Gasteiger partial charge in [-0.2, -0.15) is 0 Å². The number of aryl methyl sites for hydroxylation is 1. The molecule has 0 saturated carbocycles. The van der Waals surface area contributed by atoms with Crippen LogP contribution in [-0.4, -0.2) is 13.1 Å². The van der Waals surface area contributed by atoms with E-state index in [1.54, 1.807) is 24.3 Å².